The van der Waals surface area contributed by atoms with Gasteiger partial charge in [0.2, 0.25) is 0 Å². The summed E-state index contributed by atoms with van der Waals surface area (Å²) in [6, 6.07) is 17.5. The van der Waals surface area contributed by atoms with Crippen molar-refractivity contribution in [1.82, 2.24) is 4.72 Å². The second-order valence-electron chi connectivity index (χ2n) is 7.62. The first-order chi connectivity index (χ1) is 16.4. The van der Waals surface area contributed by atoms with Gasteiger partial charge in [-0.2, -0.15) is 13.7 Å². The maximum absolute atomic E-state index is 13.3. The summed E-state index contributed by atoms with van der Waals surface area (Å²) in [5.74, 6) is 0.536. The maximum Gasteiger partial charge on any atom is 0.422 e. The van der Waals surface area contributed by atoms with Crippen LogP contribution >= 0.6 is 0 Å². The lowest BCUT2D eigenvalue weighted by molar-refractivity contribution is 0.0511. The summed E-state index contributed by atoms with van der Waals surface area (Å²) in [7, 11) is -2.79. The van der Waals surface area contributed by atoms with E-state index in [9.17, 15) is 18.5 Å². The van der Waals surface area contributed by atoms with Crippen LogP contribution in [0.3, 0.4) is 0 Å². The molecule has 9 nitrogen and oxygen atoms in total. The Morgan fingerprint density at radius 2 is 1.94 bits per heavy atom. The van der Waals surface area contributed by atoms with Crippen molar-refractivity contribution in [3.05, 3.63) is 71.3 Å². The van der Waals surface area contributed by atoms with Crippen molar-refractivity contribution in [2.24, 2.45) is 0 Å². The van der Waals surface area contributed by atoms with Crippen LogP contribution in [0.2, 0.25) is 0 Å². The van der Waals surface area contributed by atoms with Crippen molar-refractivity contribution < 1.29 is 27.4 Å². The Hall–Kier alpha value is -3.81. The second kappa shape index (κ2) is 9.59. The monoisotopic (exact) mass is 481 g/mol. The molecule has 10 heteroatoms. The first kappa shape index (κ1) is 23.4. The fourth-order valence-corrected chi connectivity index (χ4v) is 5.36. The molecule has 1 atom stereocenters. The molecule has 34 heavy (non-hydrogen) atoms. The number of nitrogens with one attached hydrogen (secondary N) is 1. The van der Waals surface area contributed by atoms with Crippen molar-refractivity contribution >= 4 is 32.8 Å². The molecular weight excluding hydrogens is 458 g/mol. The molecule has 4 rings (SSSR count). The summed E-state index contributed by atoms with van der Waals surface area (Å²) in [4.78, 5) is 12.0. The molecule has 1 heterocycles. The van der Waals surface area contributed by atoms with Gasteiger partial charge < -0.3 is 14.2 Å². The predicted molar refractivity (Wildman–Crippen MR) is 126 cm³/mol. The summed E-state index contributed by atoms with van der Waals surface area (Å²) < 4.78 is 45.0. The van der Waals surface area contributed by atoms with Crippen molar-refractivity contribution in [2.45, 2.75) is 19.4 Å². The highest BCUT2D eigenvalue weighted by Gasteiger charge is 2.40. The average molecular weight is 482 g/mol. The van der Waals surface area contributed by atoms with Gasteiger partial charge in [0.25, 0.3) is 0 Å². The van der Waals surface area contributed by atoms with Gasteiger partial charge in [-0.1, -0.05) is 18.2 Å². The first-order valence-corrected chi connectivity index (χ1v) is 12.0. The summed E-state index contributed by atoms with van der Waals surface area (Å²) in [6.07, 6.45) is -0.695. The zero-order valence-electron chi connectivity index (χ0n) is 18.6. The van der Waals surface area contributed by atoms with Gasteiger partial charge >= 0.3 is 16.3 Å². The molecule has 1 aliphatic rings. The summed E-state index contributed by atoms with van der Waals surface area (Å²) >= 11 is 0. The van der Waals surface area contributed by atoms with Crippen LogP contribution in [0.4, 0.5) is 10.5 Å². The number of hydrogen-bond donors (Lipinski definition) is 1. The minimum Gasteiger partial charge on any atom is -0.468 e. The molecule has 176 valence electrons. The minimum absolute atomic E-state index is 0.0352. The smallest absolute Gasteiger partial charge is 0.422 e. The summed E-state index contributed by atoms with van der Waals surface area (Å²) in [5, 5.41) is 11.0. The van der Waals surface area contributed by atoms with E-state index in [2.05, 4.69) is 6.07 Å². The third kappa shape index (κ3) is 4.62. The molecule has 0 radical (unpaired) electrons. The van der Waals surface area contributed by atoms with Crippen molar-refractivity contribution in [2.75, 3.05) is 24.8 Å². The topological polar surface area (TPSA) is 118 Å². The third-order valence-electron chi connectivity index (χ3n) is 5.45. The molecule has 0 saturated carbocycles. The van der Waals surface area contributed by atoms with Crippen molar-refractivity contribution in [3.63, 3.8) is 0 Å². The zero-order valence-corrected chi connectivity index (χ0v) is 19.5. The molecule has 0 saturated heterocycles. The van der Waals surface area contributed by atoms with E-state index in [1.54, 1.807) is 37.3 Å². The number of nitriles is 1. The Morgan fingerprint density at radius 3 is 2.68 bits per heavy atom. The molecular formula is C24H23N3O6S. The molecule has 1 aliphatic heterocycles. The van der Waals surface area contributed by atoms with Crippen LogP contribution in [-0.2, 0) is 26.1 Å². The molecule has 0 fully saturated rings. The molecule has 1 amide bonds. The van der Waals surface area contributed by atoms with E-state index in [1.807, 2.05) is 29.0 Å². The maximum atomic E-state index is 13.3. The normalized spacial score (nSPS) is 15.0. The SMILES string of the molecule is CCOC(=O)NS(=O)(=O)N1c2ccc(OCOC)cc2CC1c1ccc2ccc(C#N)cc2c1. The Kier molecular flexibility index (Phi) is 6.58. The van der Waals surface area contributed by atoms with Gasteiger partial charge in [-0.15, -0.1) is 0 Å². The van der Waals surface area contributed by atoms with Crippen LogP contribution in [-0.4, -0.2) is 35.0 Å². The standard InChI is InChI=1S/C24H23N3O6S/c1-3-32-24(28)26-34(29,30)27-22-9-8-21(33-15-31-2)12-20(22)13-23(27)18-7-6-17-5-4-16(14-25)10-19(17)11-18/h4-12,23H,3,13,15H2,1-2H3,(H,26,28). The molecule has 0 aromatic heterocycles. The quantitative estimate of drug-likeness (QED) is 0.510. The van der Waals surface area contributed by atoms with Crippen molar-refractivity contribution in [1.29, 1.82) is 5.26 Å². The van der Waals surface area contributed by atoms with E-state index in [0.29, 0.717) is 29.0 Å². The lowest BCUT2D eigenvalue weighted by Gasteiger charge is -2.27. The molecule has 1 unspecified atom stereocenters. The van der Waals surface area contributed by atoms with E-state index in [4.69, 9.17) is 14.2 Å². The highest BCUT2D eigenvalue weighted by Crippen LogP contribution is 2.44. The number of hydrogen-bond acceptors (Lipinski definition) is 7. The highest BCUT2D eigenvalue weighted by atomic mass is 32.2. The van der Waals surface area contributed by atoms with Crippen molar-refractivity contribution in [3.8, 4) is 11.8 Å². The van der Waals surface area contributed by atoms with E-state index in [-0.39, 0.29) is 13.4 Å². The van der Waals surface area contributed by atoms with Gasteiger partial charge in [-0.05, 0) is 65.2 Å². The fraction of sp³-hybridized carbons (Fsp3) is 0.250. The molecule has 3 aromatic carbocycles. The van der Waals surface area contributed by atoms with Crippen LogP contribution in [0.25, 0.3) is 10.8 Å². The van der Waals surface area contributed by atoms with Gasteiger partial charge in [-0.25, -0.2) is 13.8 Å². The molecule has 0 bridgehead atoms. The average Bonchev–Trinajstić information content (AvgIpc) is 3.21. The van der Waals surface area contributed by atoms with Gasteiger partial charge in [0.1, 0.15) is 5.75 Å². The van der Waals surface area contributed by atoms with Gasteiger partial charge in [0, 0.05) is 13.5 Å². The van der Waals surface area contributed by atoms with Crippen LogP contribution in [0.1, 0.15) is 29.7 Å². The third-order valence-corrected chi connectivity index (χ3v) is 6.85. The van der Waals surface area contributed by atoms with Gasteiger partial charge in [-0.3, -0.25) is 0 Å². The summed E-state index contributed by atoms with van der Waals surface area (Å²) in [5.41, 5.74) is 2.39. The molecule has 3 aromatic rings. The summed E-state index contributed by atoms with van der Waals surface area (Å²) in [6.45, 7) is 1.68. The number of amides is 1. The van der Waals surface area contributed by atoms with Crippen LogP contribution in [0.5, 0.6) is 5.75 Å². The zero-order chi connectivity index (χ0) is 24.3. The number of ether oxygens (including phenoxy) is 3. The van der Waals surface area contributed by atoms with E-state index in [1.165, 1.54) is 11.4 Å². The fourth-order valence-electron chi connectivity index (χ4n) is 4.02. The van der Waals surface area contributed by atoms with Crippen LogP contribution in [0.15, 0.2) is 54.6 Å². The largest absolute Gasteiger partial charge is 0.468 e. The number of benzene rings is 3. The number of anilines is 1. The predicted octanol–water partition coefficient (Wildman–Crippen LogP) is 3.79. The molecule has 1 N–H and O–H groups in total. The van der Waals surface area contributed by atoms with E-state index < -0.39 is 22.3 Å². The lowest BCUT2D eigenvalue weighted by atomic mass is 9.98. The second-order valence-corrected chi connectivity index (χ2v) is 9.17. The Labute approximate surface area is 197 Å². The number of methoxy groups -OCH3 is 1. The Morgan fingerprint density at radius 1 is 1.15 bits per heavy atom. The van der Waals surface area contributed by atoms with Crippen LogP contribution in [0, 0.1) is 11.3 Å². The number of rotatable bonds is 7. The Bertz CT molecular complexity index is 1380. The van der Waals surface area contributed by atoms with Gasteiger partial charge in [0.05, 0.1) is 30.0 Å². The highest BCUT2D eigenvalue weighted by molar-refractivity contribution is 7.91. The van der Waals surface area contributed by atoms with E-state index >= 15 is 0 Å². The minimum atomic E-state index is -4.30. The number of nitrogens with zero attached hydrogens (tertiary/aromatic N) is 2. The lowest BCUT2D eigenvalue weighted by Crippen LogP contribution is -2.44. The van der Waals surface area contributed by atoms with Crippen LogP contribution < -0.4 is 13.8 Å². The van der Waals surface area contributed by atoms with E-state index in [0.717, 1.165) is 16.3 Å². The first-order valence-electron chi connectivity index (χ1n) is 10.5. The number of carbonyl (C=O) groups is 1. The number of fused-ring (bicyclic) bond motifs is 2. The number of carbonyl (C=O) groups excluding carboxylic acids is 1. The molecule has 0 spiro atoms. The van der Waals surface area contributed by atoms with Gasteiger partial charge in [0.15, 0.2) is 6.79 Å². The molecule has 0 aliphatic carbocycles. The Balaban J connectivity index is 1.78.